The van der Waals surface area contributed by atoms with Gasteiger partial charge < -0.3 is 9.30 Å². The smallest absolute Gasteiger partial charge is 0.392 e. The van der Waals surface area contributed by atoms with Crippen molar-refractivity contribution in [1.29, 1.82) is 0 Å². The molecule has 2 aromatic rings. The molecule has 0 saturated heterocycles. The summed E-state index contributed by atoms with van der Waals surface area (Å²) in [5, 5.41) is 7.62. The third kappa shape index (κ3) is 5.94. The van der Waals surface area contributed by atoms with Crippen molar-refractivity contribution in [2.75, 3.05) is 6.61 Å². The Kier molecular flexibility index (Phi) is 7.02. The SMILES string of the molecule is CCc1cc(OCCC(F)(F)F)ccc1S(=O)(=O)NC1CCCC(n2cnnc2)C1. The van der Waals surface area contributed by atoms with E-state index in [9.17, 15) is 21.6 Å². The minimum Gasteiger partial charge on any atom is -0.493 e. The maximum Gasteiger partial charge on any atom is 0.392 e. The summed E-state index contributed by atoms with van der Waals surface area (Å²) in [5.74, 6) is 0.223. The van der Waals surface area contributed by atoms with E-state index in [0.717, 1.165) is 19.3 Å². The fraction of sp³-hybridized carbons (Fsp3) is 0.579. The molecule has 1 heterocycles. The van der Waals surface area contributed by atoms with Crippen molar-refractivity contribution in [3.63, 3.8) is 0 Å². The Labute approximate surface area is 173 Å². The highest BCUT2D eigenvalue weighted by Crippen LogP contribution is 2.30. The van der Waals surface area contributed by atoms with Crippen molar-refractivity contribution < 1.29 is 26.3 Å². The number of alkyl halides is 3. The molecule has 3 rings (SSSR count). The number of sulfonamides is 1. The predicted molar refractivity (Wildman–Crippen MR) is 104 cm³/mol. The lowest BCUT2D eigenvalue weighted by Gasteiger charge is -2.30. The van der Waals surface area contributed by atoms with E-state index in [4.69, 9.17) is 4.74 Å². The predicted octanol–water partition coefficient (Wildman–Crippen LogP) is 3.63. The number of halogens is 3. The molecule has 1 fully saturated rings. The average molecular weight is 446 g/mol. The zero-order chi connectivity index (χ0) is 21.8. The topological polar surface area (TPSA) is 86.1 Å². The monoisotopic (exact) mass is 446 g/mol. The summed E-state index contributed by atoms with van der Waals surface area (Å²) in [6.07, 6.45) is 1.48. The maximum absolute atomic E-state index is 13.0. The van der Waals surface area contributed by atoms with Gasteiger partial charge in [-0.1, -0.05) is 6.92 Å². The third-order valence-corrected chi connectivity index (χ3v) is 6.80. The van der Waals surface area contributed by atoms with Crippen molar-refractivity contribution in [2.24, 2.45) is 0 Å². The van der Waals surface area contributed by atoms with E-state index < -0.39 is 29.2 Å². The van der Waals surface area contributed by atoms with Gasteiger partial charge in [0.2, 0.25) is 10.0 Å². The van der Waals surface area contributed by atoms with E-state index in [2.05, 4.69) is 14.9 Å². The molecule has 1 aromatic heterocycles. The molecule has 0 amide bonds. The van der Waals surface area contributed by atoms with Gasteiger partial charge in [0.05, 0.1) is 17.9 Å². The number of benzene rings is 1. The summed E-state index contributed by atoms with van der Waals surface area (Å²) in [5.41, 5.74) is 0.498. The Morgan fingerprint density at radius 1 is 1.23 bits per heavy atom. The van der Waals surface area contributed by atoms with Gasteiger partial charge in [-0.05, 0) is 55.9 Å². The first kappa shape index (κ1) is 22.5. The Morgan fingerprint density at radius 3 is 2.63 bits per heavy atom. The van der Waals surface area contributed by atoms with Crippen LogP contribution in [0.2, 0.25) is 0 Å². The minimum atomic E-state index is -4.30. The molecule has 1 saturated carbocycles. The van der Waals surface area contributed by atoms with Gasteiger partial charge in [0, 0.05) is 12.1 Å². The van der Waals surface area contributed by atoms with Gasteiger partial charge in [-0.2, -0.15) is 13.2 Å². The zero-order valence-corrected chi connectivity index (χ0v) is 17.4. The fourth-order valence-corrected chi connectivity index (χ4v) is 5.27. The Balaban J connectivity index is 1.68. The summed E-state index contributed by atoms with van der Waals surface area (Å²) < 4.78 is 72.7. The van der Waals surface area contributed by atoms with Gasteiger partial charge in [0.15, 0.2) is 0 Å². The number of ether oxygens (including phenoxy) is 1. The van der Waals surface area contributed by atoms with E-state index in [1.165, 1.54) is 18.2 Å². The molecule has 1 aliphatic carbocycles. The molecule has 1 aliphatic rings. The van der Waals surface area contributed by atoms with Crippen molar-refractivity contribution in [1.82, 2.24) is 19.5 Å². The Bertz CT molecular complexity index is 933. The van der Waals surface area contributed by atoms with Crippen LogP contribution in [0.5, 0.6) is 5.75 Å². The summed E-state index contributed by atoms with van der Waals surface area (Å²) in [7, 11) is -3.78. The van der Waals surface area contributed by atoms with Crippen LogP contribution in [-0.4, -0.2) is 42.0 Å². The molecular formula is C19H25F3N4O3S. The zero-order valence-electron chi connectivity index (χ0n) is 16.6. The van der Waals surface area contributed by atoms with Crippen LogP contribution in [-0.2, 0) is 16.4 Å². The molecule has 2 unspecified atom stereocenters. The van der Waals surface area contributed by atoms with Gasteiger partial charge in [0.1, 0.15) is 18.4 Å². The lowest BCUT2D eigenvalue weighted by Crippen LogP contribution is -2.39. The average Bonchev–Trinajstić information content (AvgIpc) is 3.21. The van der Waals surface area contributed by atoms with Crippen molar-refractivity contribution in [3.05, 3.63) is 36.4 Å². The van der Waals surface area contributed by atoms with Gasteiger partial charge >= 0.3 is 6.18 Å². The molecule has 0 bridgehead atoms. The number of hydrogen-bond donors (Lipinski definition) is 1. The number of nitrogens with zero attached hydrogens (tertiary/aromatic N) is 3. The van der Waals surface area contributed by atoms with Crippen molar-refractivity contribution in [3.8, 4) is 5.75 Å². The van der Waals surface area contributed by atoms with E-state index >= 15 is 0 Å². The van der Waals surface area contributed by atoms with Crippen LogP contribution in [0.25, 0.3) is 0 Å². The van der Waals surface area contributed by atoms with Crippen molar-refractivity contribution >= 4 is 10.0 Å². The van der Waals surface area contributed by atoms with E-state index in [-0.39, 0.29) is 22.7 Å². The molecule has 1 aromatic carbocycles. The number of hydrogen-bond acceptors (Lipinski definition) is 5. The molecule has 11 heteroatoms. The number of nitrogens with one attached hydrogen (secondary N) is 1. The maximum atomic E-state index is 13.0. The van der Waals surface area contributed by atoms with Crippen LogP contribution in [0, 0.1) is 0 Å². The van der Waals surface area contributed by atoms with Crippen LogP contribution in [0.1, 0.15) is 50.6 Å². The highest BCUT2D eigenvalue weighted by Gasteiger charge is 2.29. The van der Waals surface area contributed by atoms with Crippen LogP contribution in [0.4, 0.5) is 13.2 Å². The largest absolute Gasteiger partial charge is 0.493 e. The molecular weight excluding hydrogens is 421 g/mol. The first-order valence-corrected chi connectivity index (χ1v) is 11.3. The standard InChI is InChI=1S/C19H25F3N4O3S/c1-2-14-10-17(29-9-8-19(20,21)22)6-7-18(14)30(27,28)25-15-4-3-5-16(11-15)26-12-23-24-13-26/h6-7,10,12-13,15-16,25H,2-5,8-9,11H2,1H3. The van der Waals surface area contributed by atoms with Gasteiger partial charge in [0.25, 0.3) is 0 Å². The van der Waals surface area contributed by atoms with Crippen LogP contribution >= 0.6 is 0 Å². The molecule has 7 nitrogen and oxygen atoms in total. The third-order valence-electron chi connectivity index (χ3n) is 5.18. The van der Waals surface area contributed by atoms with Gasteiger partial charge in [-0.15, -0.1) is 10.2 Å². The summed E-state index contributed by atoms with van der Waals surface area (Å²) in [6.45, 7) is 1.28. The second kappa shape index (κ2) is 9.34. The van der Waals surface area contributed by atoms with Gasteiger partial charge in [-0.3, -0.25) is 0 Å². The summed E-state index contributed by atoms with van der Waals surface area (Å²) in [4.78, 5) is 0.125. The van der Waals surface area contributed by atoms with Gasteiger partial charge in [-0.25, -0.2) is 13.1 Å². The first-order valence-electron chi connectivity index (χ1n) is 9.87. The van der Waals surface area contributed by atoms with Crippen LogP contribution in [0.3, 0.4) is 0 Å². The quantitative estimate of drug-likeness (QED) is 0.669. The molecule has 1 N–H and O–H groups in total. The highest BCUT2D eigenvalue weighted by molar-refractivity contribution is 7.89. The normalized spacial score (nSPS) is 20.3. The lowest BCUT2D eigenvalue weighted by atomic mass is 9.91. The highest BCUT2D eigenvalue weighted by atomic mass is 32.2. The fourth-order valence-electron chi connectivity index (χ4n) is 3.69. The first-order chi connectivity index (χ1) is 14.2. The molecule has 0 spiro atoms. The van der Waals surface area contributed by atoms with E-state index in [1.807, 2.05) is 4.57 Å². The molecule has 0 radical (unpaired) electrons. The van der Waals surface area contributed by atoms with E-state index in [0.29, 0.717) is 18.4 Å². The van der Waals surface area contributed by atoms with E-state index in [1.54, 1.807) is 19.6 Å². The van der Waals surface area contributed by atoms with Crippen LogP contribution < -0.4 is 9.46 Å². The van der Waals surface area contributed by atoms with Crippen molar-refractivity contribution in [2.45, 2.75) is 68.6 Å². The molecule has 166 valence electrons. The molecule has 30 heavy (non-hydrogen) atoms. The minimum absolute atomic E-state index is 0.125. The second-order valence-corrected chi connectivity index (χ2v) is 9.07. The Hall–Kier alpha value is -2.14. The molecule has 0 aliphatic heterocycles. The Morgan fingerprint density at radius 2 is 1.97 bits per heavy atom. The van der Waals surface area contributed by atoms with Crippen LogP contribution in [0.15, 0.2) is 35.7 Å². The number of rotatable bonds is 8. The summed E-state index contributed by atoms with van der Waals surface area (Å²) in [6, 6.07) is 4.20. The molecule has 2 atom stereocenters. The number of aromatic nitrogens is 3. The number of aryl methyl sites for hydroxylation is 1. The summed E-state index contributed by atoms with van der Waals surface area (Å²) >= 11 is 0. The lowest BCUT2D eigenvalue weighted by molar-refractivity contribution is -0.139. The second-order valence-electron chi connectivity index (χ2n) is 7.38.